The maximum Gasteiger partial charge on any atom is 0.164 e. The van der Waals surface area contributed by atoms with Crippen LogP contribution < -0.4 is 0 Å². The number of aromatic nitrogens is 4. The Morgan fingerprint density at radius 2 is 1.04 bits per heavy atom. The lowest BCUT2D eigenvalue weighted by atomic mass is 9.98. The molecule has 0 radical (unpaired) electrons. The first kappa shape index (κ1) is 25.8. The van der Waals surface area contributed by atoms with E-state index in [1.807, 2.05) is 48.7 Å². The summed E-state index contributed by atoms with van der Waals surface area (Å²) in [6.45, 7) is 0. The van der Waals surface area contributed by atoms with Gasteiger partial charge in [0.05, 0.1) is 5.69 Å². The average molecular weight is 601 g/mol. The van der Waals surface area contributed by atoms with E-state index in [2.05, 4.69) is 97.1 Å². The van der Waals surface area contributed by atoms with Crippen LogP contribution in [0.2, 0.25) is 0 Å². The third-order valence-corrected chi connectivity index (χ3v) is 9.14. The predicted octanol–water partition coefficient (Wildman–Crippen LogP) is 10.6. The normalized spacial score (nSPS) is 11.8. The van der Waals surface area contributed by atoms with E-state index in [1.165, 1.54) is 10.9 Å². The van der Waals surface area contributed by atoms with E-state index in [-0.39, 0.29) is 0 Å². The zero-order chi connectivity index (χ0) is 30.9. The molecule has 0 spiro atoms. The summed E-state index contributed by atoms with van der Waals surface area (Å²) in [5.41, 5.74) is 11.1. The first-order chi connectivity index (χ1) is 23.3. The van der Waals surface area contributed by atoms with Crippen LogP contribution in [0.15, 0.2) is 150 Å². The van der Waals surface area contributed by atoms with Crippen LogP contribution in [0, 0.1) is 0 Å². The topological polar surface area (TPSA) is 64.7 Å². The van der Waals surface area contributed by atoms with Crippen LogP contribution in [0.25, 0.3) is 100 Å². The molecule has 1 aliphatic carbocycles. The molecule has 10 rings (SSSR count). The number of pyridine rings is 1. The fraction of sp³-hybridized carbons (Fsp3) is 0. The maximum absolute atomic E-state index is 6.25. The molecule has 47 heavy (non-hydrogen) atoms. The number of rotatable bonds is 4. The predicted molar refractivity (Wildman–Crippen MR) is 189 cm³/mol. The lowest BCUT2D eigenvalue weighted by molar-refractivity contribution is 0.669. The second-order valence-corrected chi connectivity index (χ2v) is 11.8. The number of para-hydroxylation sites is 1. The van der Waals surface area contributed by atoms with Crippen molar-refractivity contribution in [2.75, 3.05) is 0 Å². The smallest absolute Gasteiger partial charge is 0.164 e. The molecule has 0 aliphatic heterocycles. The van der Waals surface area contributed by atoms with Crippen LogP contribution in [0.1, 0.15) is 0 Å². The second kappa shape index (κ2) is 10.0. The van der Waals surface area contributed by atoms with Crippen molar-refractivity contribution in [1.29, 1.82) is 0 Å². The lowest BCUT2D eigenvalue weighted by Gasteiger charge is -2.12. The Morgan fingerprint density at radius 1 is 0.383 bits per heavy atom. The Kier molecular flexibility index (Phi) is 5.51. The quantitative estimate of drug-likeness (QED) is 0.201. The molecule has 3 heterocycles. The number of hydrogen-bond acceptors (Lipinski definition) is 5. The number of hydrogen-bond donors (Lipinski definition) is 0. The van der Waals surface area contributed by atoms with Gasteiger partial charge in [0.25, 0.3) is 0 Å². The highest BCUT2D eigenvalue weighted by atomic mass is 16.3. The highest BCUT2D eigenvalue weighted by Gasteiger charge is 2.25. The van der Waals surface area contributed by atoms with E-state index in [9.17, 15) is 0 Å². The van der Waals surface area contributed by atoms with Gasteiger partial charge in [-0.1, -0.05) is 109 Å². The van der Waals surface area contributed by atoms with Crippen LogP contribution in [-0.4, -0.2) is 19.9 Å². The van der Waals surface area contributed by atoms with E-state index in [0.29, 0.717) is 17.5 Å². The zero-order valence-corrected chi connectivity index (χ0v) is 25.1. The Bertz CT molecular complexity index is 2660. The molecule has 0 amide bonds. The summed E-state index contributed by atoms with van der Waals surface area (Å²) >= 11 is 0. The molecule has 5 nitrogen and oxygen atoms in total. The molecule has 218 valence electrons. The summed E-state index contributed by atoms with van der Waals surface area (Å²) in [4.78, 5) is 20.3. The first-order valence-electron chi connectivity index (χ1n) is 15.6. The summed E-state index contributed by atoms with van der Waals surface area (Å²) in [5, 5.41) is 4.29. The van der Waals surface area contributed by atoms with Crippen molar-refractivity contribution >= 4 is 32.7 Å². The minimum Gasteiger partial charge on any atom is -0.456 e. The highest BCUT2D eigenvalue weighted by molar-refractivity contribution is 6.17. The lowest BCUT2D eigenvalue weighted by Crippen LogP contribution is -2.01. The summed E-state index contributed by atoms with van der Waals surface area (Å²) in [6.07, 6.45) is 1.86. The van der Waals surface area contributed by atoms with Crippen molar-refractivity contribution in [2.24, 2.45) is 0 Å². The van der Waals surface area contributed by atoms with Crippen molar-refractivity contribution in [3.05, 3.63) is 146 Å². The van der Waals surface area contributed by atoms with Gasteiger partial charge in [-0.15, -0.1) is 0 Å². The Balaban J connectivity index is 1.24. The highest BCUT2D eigenvalue weighted by Crippen LogP contribution is 2.48. The summed E-state index contributed by atoms with van der Waals surface area (Å²) < 4.78 is 6.25. The number of fused-ring (bicyclic) bond motifs is 6. The largest absolute Gasteiger partial charge is 0.456 e. The molecule has 0 N–H and O–H groups in total. The van der Waals surface area contributed by atoms with Gasteiger partial charge in [-0.25, -0.2) is 15.0 Å². The number of benzene rings is 6. The molecule has 0 saturated heterocycles. The van der Waals surface area contributed by atoms with Crippen LogP contribution >= 0.6 is 0 Å². The van der Waals surface area contributed by atoms with Gasteiger partial charge < -0.3 is 4.42 Å². The number of nitrogens with zero attached hydrogens (tertiary/aromatic N) is 4. The van der Waals surface area contributed by atoms with Crippen molar-refractivity contribution < 1.29 is 4.42 Å². The Morgan fingerprint density at radius 3 is 1.98 bits per heavy atom. The van der Waals surface area contributed by atoms with Crippen LogP contribution in [0.5, 0.6) is 0 Å². The van der Waals surface area contributed by atoms with Crippen LogP contribution in [-0.2, 0) is 0 Å². The fourth-order valence-electron chi connectivity index (χ4n) is 7.04. The molecule has 0 saturated carbocycles. The molecule has 5 heteroatoms. The van der Waals surface area contributed by atoms with Gasteiger partial charge in [-0.3, -0.25) is 4.98 Å². The van der Waals surface area contributed by atoms with E-state index in [1.54, 1.807) is 0 Å². The third kappa shape index (κ3) is 3.97. The van der Waals surface area contributed by atoms with Crippen molar-refractivity contribution in [3.63, 3.8) is 0 Å². The summed E-state index contributed by atoms with van der Waals surface area (Å²) in [5.74, 6) is 1.83. The van der Waals surface area contributed by atoms with Gasteiger partial charge in [0.1, 0.15) is 11.2 Å². The van der Waals surface area contributed by atoms with E-state index < -0.39 is 0 Å². The summed E-state index contributed by atoms with van der Waals surface area (Å²) in [6, 6.07) is 47.8. The van der Waals surface area contributed by atoms with Gasteiger partial charge in [-0.05, 0) is 57.8 Å². The van der Waals surface area contributed by atoms with Gasteiger partial charge in [0.15, 0.2) is 17.5 Å². The monoisotopic (exact) mass is 600 g/mol. The van der Waals surface area contributed by atoms with Crippen molar-refractivity contribution in [2.45, 2.75) is 0 Å². The van der Waals surface area contributed by atoms with Gasteiger partial charge in [0.2, 0.25) is 0 Å². The van der Waals surface area contributed by atoms with E-state index >= 15 is 0 Å². The molecule has 1 aliphatic rings. The molecule has 0 atom stereocenters. The van der Waals surface area contributed by atoms with Crippen molar-refractivity contribution in [3.8, 4) is 67.7 Å². The fourth-order valence-corrected chi connectivity index (χ4v) is 7.04. The Hall–Kier alpha value is -6.46. The molecule has 0 unspecified atom stereocenters. The molecule has 3 aromatic heterocycles. The molecule has 0 fully saturated rings. The Labute approximate surface area is 269 Å². The third-order valence-electron chi connectivity index (χ3n) is 9.14. The average Bonchev–Trinajstić information content (AvgIpc) is 3.69. The minimum absolute atomic E-state index is 0.598. The van der Waals surface area contributed by atoms with Crippen molar-refractivity contribution in [1.82, 2.24) is 19.9 Å². The molecular formula is C42H24N4O. The zero-order valence-electron chi connectivity index (χ0n) is 25.1. The molecular weight excluding hydrogens is 576 g/mol. The van der Waals surface area contributed by atoms with Crippen LogP contribution in [0.4, 0.5) is 0 Å². The molecule has 9 aromatic rings. The van der Waals surface area contributed by atoms with Gasteiger partial charge in [-0.2, -0.15) is 0 Å². The van der Waals surface area contributed by atoms with E-state index in [4.69, 9.17) is 24.4 Å². The van der Waals surface area contributed by atoms with Crippen LogP contribution in [0.3, 0.4) is 0 Å². The molecule has 6 aromatic carbocycles. The van der Waals surface area contributed by atoms with Gasteiger partial charge in [0, 0.05) is 44.8 Å². The second-order valence-electron chi connectivity index (χ2n) is 11.8. The SMILES string of the molecule is c1ccc(-c2cccc(-c3nc(-c4ccc5c6c(cccc46)-c4ncccc4-5)nc(-c4cccc5oc6ccccc6c45)n3)c2)cc1. The van der Waals surface area contributed by atoms with E-state index in [0.717, 1.165) is 72.0 Å². The number of furan rings is 1. The molecule has 0 bridgehead atoms. The minimum atomic E-state index is 0.598. The first-order valence-corrected chi connectivity index (χ1v) is 15.6. The maximum atomic E-state index is 6.25. The standard InChI is InChI=1S/C42H24N4O/c1-2-10-25(11-3-1)26-12-6-13-27(24-26)40-44-41(31-22-21-29-30-18-9-23-43-39(30)33-16-7-15-28(31)37(29)33)46-42(45-40)34-17-8-20-36-38(34)32-14-4-5-19-35(32)47-36/h1-24H. The summed E-state index contributed by atoms with van der Waals surface area (Å²) in [7, 11) is 0. The van der Waals surface area contributed by atoms with Gasteiger partial charge >= 0.3 is 0 Å².